The first-order valence-electron chi connectivity index (χ1n) is 9.46. The second-order valence-corrected chi connectivity index (χ2v) is 8.49. The molecule has 10 nitrogen and oxygen atoms in total. The van der Waals surface area contributed by atoms with E-state index in [1.807, 2.05) is 0 Å². The van der Waals surface area contributed by atoms with Crippen molar-refractivity contribution in [2.75, 3.05) is 7.11 Å². The van der Waals surface area contributed by atoms with Gasteiger partial charge in [-0.25, -0.2) is 8.42 Å². The van der Waals surface area contributed by atoms with Gasteiger partial charge in [0, 0.05) is 11.1 Å². The molecule has 0 radical (unpaired) electrons. The van der Waals surface area contributed by atoms with Crippen LogP contribution in [0.5, 0.6) is 5.75 Å². The second kappa shape index (κ2) is 9.71. The fraction of sp³-hybridized carbons (Fsp3) is 0.238. The third-order valence-electron chi connectivity index (χ3n) is 4.39. The molecule has 0 unspecified atom stereocenters. The maximum Gasteiger partial charge on any atom is 0.324 e. The predicted octanol–water partition coefficient (Wildman–Crippen LogP) is 2.36. The number of Topliss-reactive ketones (excluding diaryl/α,β-unsaturated/α-hetero) is 1. The molecular weight excluding hydrogens is 438 g/mol. The zero-order valence-electron chi connectivity index (χ0n) is 17.6. The summed E-state index contributed by atoms with van der Waals surface area (Å²) < 4.78 is 42.5. The summed E-state index contributed by atoms with van der Waals surface area (Å²) in [5, 5.41) is 3.83. The molecule has 3 rings (SSSR count). The lowest BCUT2D eigenvalue weighted by molar-refractivity contribution is -0.147. The van der Waals surface area contributed by atoms with Crippen LogP contribution in [0.4, 0.5) is 0 Å². The number of hydrogen-bond donors (Lipinski definition) is 1. The van der Waals surface area contributed by atoms with Crippen LogP contribution in [0.2, 0.25) is 0 Å². The molecule has 0 fully saturated rings. The van der Waals surface area contributed by atoms with Crippen LogP contribution in [0.1, 0.15) is 30.1 Å². The van der Waals surface area contributed by atoms with E-state index in [4.69, 9.17) is 14.0 Å². The number of methoxy groups -OCH3 is 1. The van der Waals surface area contributed by atoms with Crippen molar-refractivity contribution in [1.29, 1.82) is 0 Å². The molecule has 0 saturated carbocycles. The third-order valence-corrected chi connectivity index (χ3v) is 5.95. The Hall–Kier alpha value is -3.57. The van der Waals surface area contributed by atoms with Gasteiger partial charge in [0.1, 0.15) is 11.8 Å². The normalized spacial score (nSPS) is 12.2. The summed E-state index contributed by atoms with van der Waals surface area (Å²) in [4.78, 5) is 27.6. The molecule has 0 aliphatic carbocycles. The van der Waals surface area contributed by atoms with Gasteiger partial charge in [-0.3, -0.25) is 9.59 Å². The molecule has 32 heavy (non-hydrogen) atoms. The molecule has 1 aromatic heterocycles. The van der Waals surface area contributed by atoms with Gasteiger partial charge in [0.05, 0.1) is 12.0 Å². The van der Waals surface area contributed by atoms with Gasteiger partial charge in [0.25, 0.3) is 5.89 Å². The van der Waals surface area contributed by atoms with Crippen LogP contribution in [0, 0.1) is 0 Å². The molecule has 0 aliphatic heterocycles. The Kier molecular flexibility index (Phi) is 7.01. The molecular formula is C21H21N3O7S. The lowest BCUT2D eigenvalue weighted by atomic mass is 10.2. The van der Waals surface area contributed by atoms with E-state index in [0.717, 1.165) is 0 Å². The summed E-state index contributed by atoms with van der Waals surface area (Å²) >= 11 is 0. The molecule has 0 spiro atoms. The number of carbonyl (C=O) groups excluding carboxylic acids is 2. The van der Waals surface area contributed by atoms with Crippen molar-refractivity contribution in [3.05, 3.63) is 60.0 Å². The van der Waals surface area contributed by atoms with E-state index in [1.165, 1.54) is 45.2 Å². The minimum absolute atomic E-state index is 0.0473. The molecule has 0 bridgehead atoms. The first kappa shape index (κ1) is 23.1. The highest BCUT2D eigenvalue weighted by molar-refractivity contribution is 7.89. The van der Waals surface area contributed by atoms with Crippen molar-refractivity contribution < 1.29 is 32.0 Å². The fourth-order valence-corrected chi connectivity index (χ4v) is 3.86. The molecule has 0 amide bonds. The van der Waals surface area contributed by atoms with Crippen molar-refractivity contribution in [1.82, 2.24) is 14.9 Å². The Balaban J connectivity index is 1.59. The lowest BCUT2D eigenvalue weighted by Gasteiger charge is -2.13. The molecule has 0 aliphatic rings. The third kappa shape index (κ3) is 5.56. The van der Waals surface area contributed by atoms with Gasteiger partial charge >= 0.3 is 5.97 Å². The molecule has 168 valence electrons. The van der Waals surface area contributed by atoms with Crippen molar-refractivity contribution in [2.24, 2.45) is 0 Å². The van der Waals surface area contributed by atoms with Crippen molar-refractivity contribution in [3.63, 3.8) is 0 Å². The quantitative estimate of drug-likeness (QED) is 0.377. The Labute approximate surface area is 184 Å². The summed E-state index contributed by atoms with van der Waals surface area (Å²) in [7, 11) is -2.46. The SMILES string of the molecule is COc1cccc(-c2noc(COC(=O)[C@H](C)NS(=O)(=O)c3ccc(C(C)=O)cc3)n2)c1. The average Bonchev–Trinajstić information content (AvgIpc) is 3.26. The van der Waals surface area contributed by atoms with Gasteiger partial charge in [-0.1, -0.05) is 29.4 Å². The number of ketones is 1. The number of ether oxygens (including phenoxy) is 2. The van der Waals surface area contributed by atoms with Crippen LogP contribution in [0.25, 0.3) is 11.4 Å². The number of nitrogens with one attached hydrogen (secondary N) is 1. The maximum absolute atomic E-state index is 12.5. The molecule has 11 heteroatoms. The molecule has 2 aromatic carbocycles. The van der Waals surface area contributed by atoms with Crippen LogP contribution in [0.15, 0.2) is 57.9 Å². The first-order chi connectivity index (χ1) is 15.2. The molecule has 1 N–H and O–H groups in total. The summed E-state index contributed by atoms with van der Waals surface area (Å²) in [6.07, 6.45) is 0. The summed E-state index contributed by atoms with van der Waals surface area (Å²) in [5.41, 5.74) is 1.03. The van der Waals surface area contributed by atoms with E-state index in [0.29, 0.717) is 16.9 Å². The molecule has 1 atom stereocenters. The van der Waals surface area contributed by atoms with E-state index < -0.39 is 22.0 Å². The fourth-order valence-electron chi connectivity index (χ4n) is 2.67. The Morgan fingerprint density at radius 1 is 1.16 bits per heavy atom. The van der Waals surface area contributed by atoms with Crippen molar-refractivity contribution >= 4 is 21.8 Å². The summed E-state index contributed by atoms with van der Waals surface area (Å²) in [6, 6.07) is 11.2. The topological polar surface area (TPSA) is 138 Å². The highest BCUT2D eigenvalue weighted by Gasteiger charge is 2.24. The Morgan fingerprint density at radius 2 is 1.88 bits per heavy atom. The number of carbonyl (C=O) groups is 2. The number of nitrogens with zero attached hydrogens (tertiary/aromatic N) is 2. The zero-order chi connectivity index (χ0) is 23.3. The minimum atomic E-state index is -3.99. The second-order valence-electron chi connectivity index (χ2n) is 6.77. The van der Waals surface area contributed by atoms with Crippen LogP contribution in [0.3, 0.4) is 0 Å². The highest BCUT2D eigenvalue weighted by Crippen LogP contribution is 2.21. The standard InChI is InChI=1S/C21H21N3O7S/c1-13(24-32(27,28)18-9-7-15(8-10-18)14(2)25)21(26)30-12-19-22-20(23-31-19)16-5-4-6-17(11-16)29-3/h4-11,13,24H,12H2,1-3H3/t13-/m0/s1. The molecule has 0 saturated heterocycles. The van der Waals surface area contributed by atoms with E-state index in [2.05, 4.69) is 14.9 Å². The maximum atomic E-state index is 12.5. The number of esters is 1. The number of benzene rings is 2. The zero-order valence-corrected chi connectivity index (χ0v) is 18.4. The van der Waals surface area contributed by atoms with E-state index in [1.54, 1.807) is 24.3 Å². The van der Waals surface area contributed by atoms with Crippen LogP contribution in [-0.4, -0.2) is 43.5 Å². The van der Waals surface area contributed by atoms with Gasteiger partial charge in [0.2, 0.25) is 15.8 Å². The van der Waals surface area contributed by atoms with Gasteiger partial charge in [-0.15, -0.1) is 0 Å². The number of aromatic nitrogens is 2. The van der Waals surface area contributed by atoms with Crippen LogP contribution < -0.4 is 9.46 Å². The van der Waals surface area contributed by atoms with E-state index >= 15 is 0 Å². The van der Waals surface area contributed by atoms with E-state index in [-0.39, 0.29) is 29.0 Å². The Morgan fingerprint density at radius 3 is 2.53 bits per heavy atom. The van der Waals surface area contributed by atoms with Crippen molar-refractivity contribution in [3.8, 4) is 17.1 Å². The van der Waals surface area contributed by atoms with Crippen LogP contribution in [-0.2, 0) is 26.2 Å². The van der Waals surface area contributed by atoms with Gasteiger partial charge in [-0.05, 0) is 38.1 Å². The van der Waals surface area contributed by atoms with Crippen molar-refractivity contribution in [2.45, 2.75) is 31.4 Å². The first-order valence-corrected chi connectivity index (χ1v) is 10.9. The number of rotatable bonds is 9. The van der Waals surface area contributed by atoms with Gasteiger partial charge in [-0.2, -0.15) is 9.71 Å². The minimum Gasteiger partial charge on any atom is -0.497 e. The van der Waals surface area contributed by atoms with Crippen LogP contribution >= 0.6 is 0 Å². The summed E-state index contributed by atoms with van der Waals surface area (Å²) in [6.45, 7) is 2.40. The smallest absolute Gasteiger partial charge is 0.324 e. The van der Waals surface area contributed by atoms with Gasteiger partial charge < -0.3 is 14.0 Å². The predicted molar refractivity (Wildman–Crippen MR) is 112 cm³/mol. The highest BCUT2D eigenvalue weighted by atomic mass is 32.2. The number of sulfonamides is 1. The molecule has 1 heterocycles. The Bertz CT molecular complexity index is 1220. The molecule has 3 aromatic rings. The van der Waals surface area contributed by atoms with E-state index in [9.17, 15) is 18.0 Å². The largest absolute Gasteiger partial charge is 0.497 e. The monoisotopic (exact) mass is 459 g/mol. The number of hydrogen-bond acceptors (Lipinski definition) is 9. The lowest BCUT2D eigenvalue weighted by Crippen LogP contribution is -2.39. The summed E-state index contributed by atoms with van der Waals surface area (Å²) in [5.74, 6) is -0.0504. The van der Waals surface area contributed by atoms with Gasteiger partial charge in [0.15, 0.2) is 12.4 Å². The average molecular weight is 459 g/mol.